The summed E-state index contributed by atoms with van der Waals surface area (Å²) in [6.07, 6.45) is -0.772. The van der Waals surface area contributed by atoms with Gasteiger partial charge in [0.05, 0.1) is 6.10 Å². The Morgan fingerprint density at radius 2 is 1.84 bits per heavy atom. The van der Waals surface area contributed by atoms with E-state index in [1.165, 1.54) is 0 Å². The molecule has 0 aromatic heterocycles. The number of aryl methyl sites for hydroxylation is 1. The molecule has 1 unspecified atom stereocenters. The van der Waals surface area contributed by atoms with Crippen LogP contribution < -0.4 is 5.32 Å². The first-order valence-electron chi connectivity index (χ1n) is 6.14. The number of nitrogens with one attached hydrogen (secondary N) is 1. The Bertz CT molecular complexity index is 439. The second-order valence-electron chi connectivity index (χ2n) is 4.68. The van der Waals surface area contributed by atoms with Crippen LogP contribution in [0.25, 0.3) is 0 Å². The largest absolute Gasteiger partial charge is 0.480 e. The predicted molar refractivity (Wildman–Crippen MR) is 71.1 cm³/mol. The molecular weight excluding hydrogens is 246 g/mol. The smallest absolute Gasteiger partial charge is 0.408 e. The van der Waals surface area contributed by atoms with Gasteiger partial charge < -0.3 is 15.2 Å². The van der Waals surface area contributed by atoms with Crippen LogP contribution in [0.4, 0.5) is 4.79 Å². The standard InChI is InChI=1S/C14H19NO4/c1-9(2)19-14(18)15-12(13(16)17)8-11-6-4-10(3)5-7-11/h4-7,9,12H,8H2,1-3H3,(H,15,18)(H,16,17). The summed E-state index contributed by atoms with van der Waals surface area (Å²) in [4.78, 5) is 22.5. The summed E-state index contributed by atoms with van der Waals surface area (Å²) in [5.41, 5.74) is 1.95. The van der Waals surface area contributed by atoms with Crippen molar-refractivity contribution in [3.63, 3.8) is 0 Å². The number of rotatable bonds is 5. The van der Waals surface area contributed by atoms with Gasteiger partial charge in [-0.15, -0.1) is 0 Å². The van der Waals surface area contributed by atoms with E-state index in [0.717, 1.165) is 11.1 Å². The number of aliphatic carboxylic acids is 1. The second kappa shape index (κ2) is 6.78. The summed E-state index contributed by atoms with van der Waals surface area (Å²) in [7, 11) is 0. The fraction of sp³-hybridized carbons (Fsp3) is 0.429. The normalized spacial score (nSPS) is 12.0. The molecule has 2 N–H and O–H groups in total. The number of benzene rings is 1. The zero-order valence-corrected chi connectivity index (χ0v) is 11.3. The zero-order chi connectivity index (χ0) is 14.4. The molecule has 0 heterocycles. The lowest BCUT2D eigenvalue weighted by atomic mass is 10.0. The summed E-state index contributed by atoms with van der Waals surface area (Å²) in [6, 6.07) is 6.51. The predicted octanol–water partition coefficient (Wildman–Crippen LogP) is 2.13. The second-order valence-corrected chi connectivity index (χ2v) is 4.68. The van der Waals surface area contributed by atoms with Crippen molar-refractivity contribution in [1.82, 2.24) is 5.32 Å². The average Bonchev–Trinajstić information content (AvgIpc) is 2.29. The molecule has 0 aliphatic carbocycles. The number of carbonyl (C=O) groups is 2. The Balaban J connectivity index is 2.65. The first-order chi connectivity index (χ1) is 8.88. The van der Waals surface area contributed by atoms with E-state index < -0.39 is 18.1 Å². The summed E-state index contributed by atoms with van der Waals surface area (Å²) >= 11 is 0. The van der Waals surface area contributed by atoms with E-state index in [2.05, 4.69) is 5.32 Å². The van der Waals surface area contributed by atoms with Crippen LogP contribution in [-0.2, 0) is 16.0 Å². The highest BCUT2D eigenvalue weighted by atomic mass is 16.6. The maximum Gasteiger partial charge on any atom is 0.408 e. The van der Waals surface area contributed by atoms with Gasteiger partial charge in [-0.25, -0.2) is 9.59 Å². The molecule has 0 radical (unpaired) electrons. The van der Waals surface area contributed by atoms with Crippen molar-refractivity contribution >= 4 is 12.1 Å². The highest BCUT2D eigenvalue weighted by Crippen LogP contribution is 2.07. The quantitative estimate of drug-likeness (QED) is 0.855. The van der Waals surface area contributed by atoms with Crippen molar-refractivity contribution in [3.05, 3.63) is 35.4 Å². The molecule has 0 saturated heterocycles. The molecule has 1 rings (SSSR count). The maximum absolute atomic E-state index is 11.4. The number of ether oxygens (including phenoxy) is 1. The number of carboxylic acids is 1. The third-order valence-corrected chi connectivity index (χ3v) is 2.49. The van der Waals surface area contributed by atoms with E-state index >= 15 is 0 Å². The van der Waals surface area contributed by atoms with Crippen molar-refractivity contribution in [2.45, 2.75) is 39.3 Å². The molecule has 19 heavy (non-hydrogen) atoms. The molecule has 5 heteroatoms. The first kappa shape index (κ1) is 15.0. The number of hydrogen-bond acceptors (Lipinski definition) is 3. The number of carbonyl (C=O) groups excluding carboxylic acids is 1. The van der Waals surface area contributed by atoms with E-state index in [1.54, 1.807) is 13.8 Å². The van der Waals surface area contributed by atoms with Crippen LogP contribution in [0, 0.1) is 6.92 Å². The van der Waals surface area contributed by atoms with E-state index in [1.807, 2.05) is 31.2 Å². The summed E-state index contributed by atoms with van der Waals surface area (Å²) in [5, 5.41) is 11.5. The van der Waals surface area contributed by atoms with Gasteiger partial charge in [-0.2, -0.15) is 0 Å². The van der Waals surface area contributed by atoms with Crippen LogP contribution in [-0.4, -0.2) is 29.3 Å². The van der Waals surface area contributed by atoms with Crippen LogP contribution in [0.1, 0.15) is 25.0 Å². The fourth-order valence-electron chi connectivity index (χ4n) is 1.55. The van der Waals surface area contributed by atoms with Crippen molar-refractivity contribution in [2.24, 2.45) is 0 Å². The van der Waals surface area contributed by atoms with Crippen LogP contribution in [0.5, 0.6) is 0 Å². The molecule has 1 aromatic carbocycles. The van der Waals surface area contributed by atoms with E-state index in [-0.39, 0.29) is 12.5 Å². The minimum Gasteiger partial charge on any atom is -0.480 e. The minimum absolute atomic E-state index is 0.225. The molecule has 5 nitrogen and oxygen atoms in total. The van der Waals surface area contributed by atoms with Gasteiger partial charge in [0.1, 0.15) is 6.04 Å². The number of hydrogen-bond donors (Lipinski definition) is 2. The van der Waals surface area contributed by atoms with Gasteiger partial charge in [0.25, 0.3) is 0 Å². The van der Waals surface area contributed by atoms with Crippen molar-refractivity contribution in [2.75, 3.05) is 0 Å². The van der Waals surface area contributed by atoms with Gasteiger partial charge in [0.15, 0.2) is 0 Å². The molecule has 0 saturated carbocycles. The Hall–Kier alpha value is -2.04. The van der Waals surface area contributed by atoms with E-state index in [9.17, 15) is 9.59 Å². The van der Waals surface area contributed by atoms with Gasteiger partial charge in [0, 0.05) is 6.42 Å². The number of alkyl carbamates (subject to hydrolysis) is 1. The third kappa shape index (κ3) is 5.42. The maximum atomic E-state index is 11.4. The molecule has 0 aliphatic heterocycles. The highest BCUT2D eigenvalue weighted by molar-refractivity contribution is 5.80. The lowest BCUT2D eigenvalue weighted by Gasteiger charge is -2.16. The fourth-order valence-corrected chi connectivity index (χ4v) is 1.55. The number of carboxylic acid groups (broad SMARTS) is 1. The van der Waals surface area contributed by atoms with Crippen molar-refractivity contribution in [1.29, 1.82) is 0 Å². The third-order valence-electron chi connectivity index (χ3n) is 2.49. The molecule has 104 valence electrons. The molecule has 1 atom stereocenters. The highest BCUT2D eigenvalue weighted by Gasteiger charge is 2.21. The van der Waals surface area contributed by atoms with Crippen LogP contribution in [0.15, 0.2) is 24.3 Å². The van der Waals surface area contributed by atoms with Gasteiger partial charge in [-0.05, 0) is 26.3 Å². The van der Waals surface area contributed by atoms with Crippen LogP contribution >= 0.6 is 0 Å². The summed E-state index contributed by atoms with van der Waals surface area (Å²) < 4.78 is 4.87. The molecule has 0 fully saturated rings. The monoisotopic (exact) mass is 265 g/mol. The Kier molecular flexibility index (Phi) is 5.36. The summed E-state index contributed by atoms with van der Waals surface area (Å²) in [5.74, 6) is -1.08. The molecule has 0 bridgehead atoms. The topological polar surface area (TPSA) is 75.6 Å². The van der Waals surface area contributed by atoms with Crippen molar-refractivity contribution < 1.29 is 19.4 Å². The average molecular weight is 265 g/mol. The lowest BCUT2D eigenvalue weighted by molar-refractivity contribution is -0.139. The van der Waals surface area contributed by atoms with Gasteiger partial charge in [-0.1, -0.05) is 29.8 Å². The number of amides is 1. The molecule has 1 amide bonds. The molecule has 0 aliphatic rings. The van der Waals surface area contributed by atoms with E-state index in [0.29, 0.717) is 0 Å². The Morgan fingerprint density at radius 3 is 2.32 bits per heavy atom. The minimum atomic E-state index is -1.08. The van der Waals surface area contributed by atoms with Crippen molar-refractivity contribution in [3.8, 4) is 0 Å². The molecule has 1 aromatic rings. The zero-order valence-electron chi connectivity index (χ0n) is 11.3. The molecular formula is C14H19NO4. The summed E-state index contributed by atoms with van der Waals surface area (Å²) in [6.45, 7) is 5.36. The molecule has 0 spiro atoms. The SMILES string of the molecule is Cc1ccc(CC(NC(=O)OC(C)C)C(=O)O)cc1. The lowest BCUT2D eigenvalue weighted by Crippen LogP contribution is -2.43. The van der Waals surface area contributed by atoms with Crippen LogP contribution in [0.2, 0.25) is 0 Å². The Labute approximate surface area is 112 Å². The van der Waals surface area contributed by atoms with Crippen LogP contribution in [0.3, 0.4) is 0 Å². The Morgan fingerprint density at radius 1 is 1.26 bits per heavy atom. The van der Waals surface area contributed by atoms with Gasteiger partial charge in [-0.3, -0.25) is 0 Å². The first-order valence-corrected chi connectivity index (χ1v) is 6.14. The van der Waals surface area contributed by atoms with Gasteiger partial charge in [0.2, 0.25) is 0 Å². The van der Waals surface area contributed by atoms with E-state index in [4.69, 9.17) is 9.84 Å². The van der Waals surface area contributed by atoms with Gasteiger partial charge >= 0.3 is 12.1 Å².